The fraction of sp³-hybridized carbons (Fsp3) is 0.0909. The monoisotopic (exact) mass is 295 g/mol. The van der Waals surface area contributed by atoms with Crippen molar-refractivity contribution < 1.29 is 4.74 Å². The number of halogens is 1. The van der Waals surface area contributed by atoms with Gasteiger partial charge in [-0.3, -0.25) is 9.78 Å². The number of aromatic amines is 1. The van der Waals surface area contributed by atoms with Gasteiger partial charge in [0.15, 0.2) is 0 Å². The summed E-state index contributed by atoms with van der Waals surface area (Å²) in [5.41, 5.74) is 0.556. The van der Waals surface area contributed by atoms with Crippen molar-refractivity contribution in [3.8, 4) is 5.75 Å². The van der Waals surface area contributed by atoms with Crippen LogP contribution in [0.1, 0.15) is 0 Å². The molecule has 0 amide bonds. The maximum absolute atomic E-state index is 11.3. The third kappa shape index (κ3) is 2.85. The molecule has 0 atom stereocenters. The van der Waals surface area contributed by atoms with Gasteiger partial charge in [0.2, 0.25) is 5.95 Å². The lowest BCUT2D eigenvalue weighted by Crippen LogP contribution is -2.10. The maximum Gasteiger partial charge on any atom is 0.266 e. The van der Waals surface area contributed by atoms with Gasteiger partial charge in [0.05, 0.1) is 13.3 Å². The van der Waals surface area contributed by atoms with Gasteiger partial charge in [0, 0.05) is 11.8 Å². The van der Waals surface area contributed by atoms with Gasteiger partial charge in [-0.1, -0.05) is 6.07 Å². The summed E-state index contributed by atoms with van der Waals surface area (Å²) in [5, 5.41) is 2.98. The molecule has 17 heavy (non-hydrogen) atoms. The molecule has 1 heterocycles. The van der Waals surface area contributed by atoms with Crippen molar-refractivity contribution in [1.82, 2.24) is 9.97 Å². The van der Waals surface area contributed by atoms with Crippen LogP contribution in [0.3, 0.4) is 0 Å². The molecule has 0 saturated carbocycles. The first-order chi connectivity index (χ1) is 8.19. The number of H-pyrrole nitrogens is 1. The molecule has 2 rings (SSSR count). The van der Waals surface area contributed by atoms with E-state index in [4.69, 9.17) is 4.74 Å². The van der Waals surface area contributed by atoms with Crippen LogP contribution in [0.4, 0.5) is 11.6 Å². The quantitative estimate of drug-likeness (QED) is 0.912. The Labute approximate surface area is 106 Å². The minimum Gasteiger partial charge on any atom is -0.497 e. The maximum atomic E-state index is 11.3. The van der Waals surface area contributed by atoms with E-state index in [9.17, 15) is 4.79 Å². The Morgan fingerprint density at radius 3 is 3.00 bits per heavy atom. The third-order valence-electron chi connectivity index (χ3n) is 2.09. The standard InChI is InChI=1S/C11H10BrN3O2/c1-17-8-4-2-3-7(5-8)14-11-13-6-9(12)10(16)15-11/h2-6H,1H3,(H2,13,14,15,16). The molecule has 0 unspecified atom stereocenters. The highest BCUT2D eigenvalue weighted by atomic mass is 79.9. The fourth-order valence-corrected chi connectivity index (χ4v) is 1.48. The molecule has 0 aliphatic heterocycles. The van der Waals surface area contributed by atoms with E-state index in [1.807, 2.05) is 24.3 Å². The second-order valence-corrected chi connectivity index (χ2v) is 4.12. The first-order valence-electron chi connectivity index (χ1n) is 4.85. The minimum atomic E-state index is -0.231. The van der Waals surface area contributed by atoms with Crippen LogP contribution < -0.4 is 15.6 Å². The van der Waals surface area contributed by atoms with Crippen LogP contribution in [0.25, 0.3) is 0 Å². The van der Waals surface area contributed by atoms with E-state index >= 15 is 0 Å². The van der Waals surface area contributed by atoms with Crippen LogP contribution >= 0.6 is 15.9 Å². The molecular weight excluding hydrogens is 286 g/mol. The first kappa shape index (κ1) is 11.7. The molecule has 0 spiro atoms. The van der Waals surface area contributed by atoms with E-state index in [1.165, 1.54) is 6.20 Å². The van der Waals surface area contributed by atoms with Crippen molar-refractivity contribution in [1.29, 1.82) is 0 Å². The molecule has 0 fully saturated rings. The lowest BCUT2D eigenvalue weighted by Gasteiger charge is -2.06. The van der Waals surface area contributed by atoms with Gasteiger partial charge in [-0.05, 0) is 28.1 Å². The van der Waals surface area contributed by atoms with E-state index in [-0.39, 0.29) is 5.56 Å². The lowest BCUT2D eigenvalue weighted by atomic mass is 10.3. The molecule has 0 aliphatic rings. The highest BCUT2D eigenvalue weighted by Crippen LogP contribution is 2.18. The van der Waals surface area contributed by atoms with Gasteiger partial charge in [-0.25, -0.2) is 4.98 Å². The van der Waals surface area contributed by atoms with Gasteiger partial charge in [0.25, 0.3) is 5.56 Å². The molecule has 88 valence electrons. The summed E-state index contributed by atoms with van der Waals surface area (Å²) >= 11 is 3.08. The summed E-state index contributed by atoms with van der Waals surface area (Å²) in [7, 11) is 1.60. The summed E-state index contributed by atoms with van der Waals surface area (Å²) in [6.45, 7) is 0. The van der Waals surface area contributed by atoms with Gasteiger partial charge in [-0.15, -0.1) is 0 Å². The van der Waals surface area contributed by atoms with Crippen LogP contribution in [-0.4, -0.2) is 17.1 Å². The summed E-state index contributed by atoms with van der Waals surface area (Å²) in [6.07, 6.45) is 1.45. The van der Waals surface area contributed by atoms with E-state index < -0.39 is 0 Å². The number of hydrogen-bond donors (Lipinski definition) is 2. The van der Waals surface area contributed by atoms with Crippen molar-refractivity contribution in [2.24, 2.45) is 0 Å². The average molecular weight is 296 g/mol. The summed E-state index contributed by atoms with van der Waals surface area (Å²) in [5.74, 6) is 1.11. The first-order valence-corrected chi connectivity index (χ1v) is 5.64. The minimum absolute atomic E-state index is 0.231. The van der Waals surface area contributed by atoms with Crippen LogP contribution in [0.2, 0.25) is 0 Å². The molecule has 0 radical (unpaired) electrons. The smallest absolute Gasteiger partial charge is 0.266 e. The van der Waals surface area contributed by atoms with Gasteiger partial charge < -0.3 is 10.1 Å². The molecule has 1 aromatic heterocycles. The molecule has 5 nitrogen and oxygen atoms in total. The number of aromatic nitrogens is 2. The molecule has 0 aliphatic carbocycles. The topological polar surface area (TPSA) is 67.0 Å². The molecule has 2 aromatic rings. The van der Waals surface area contributed by atoms with Crippen LogP contribution in [0, 0.1) is 0 Å². The average Bonchev–Trinajstić information content (AvgIpc) is 2.34. The zero-order chi connectivity index (χ0) is 12.3. The number of rotatable bonds is 3. The third-order valence-corrected chi connectivity index (χ3v) is 2.65. The van der Waals surface area contributed by atoms with Crippen LogP contribution in [0.5, 0.6) is 5.75 Å². The molecule has 1 aromatic carbocycles. The predicted octanol–water partition coefficient (Wildman–Crippen LogP) is 2.28. The Hall–Kier alpha value is -1.82. The van der Waals surface area contributed by atoms with Crippen molar-refractivity contribution in [2.45, 2.75) is 0 Å². The molecule has 2 N–H and O–H groups in total. The number of nitrogens with one attached hydrogen (secondary N) is 2. The highest BCUT2D eigenvalue weighted by molar-refractivity contribution is 9.10. The van der Waals surface area contributed by atoms with Crippen molar-refractivity contribution in [3.05, 3.63) is 45.3 Å². The Kier molecular flexibility index (Phi) is 3.43. The van der Waals surface area contributed by atoms with Gasteiger partial charge in [-0.2, -0.15) is 0 Å². The lowest BCUT2D eigenvalue weighted by molar-refractivity contribution is 0.415. The van der Waals surface area contributed by atoms with Gasteiger partial charge >= 0.3 is 0 Å². The van der Waals surface area contributed by atoms with Crippen molar-refractivity contribution in [3.63, 3.8) is 0 Å². The molecule has 6 heteroatoms. The van der Waals surface area contributed by atoms with E-state index in [2.05, 4.69) is 31.2 Å². The number of ether oxygens (including phenoxy) is 1. The number of methoxy groups -OCH3 is 1. The number of nitrogens with zero attached hydrogens (tertiary/aromatic N) is 1. The number of hydrogen-bond acceptors (Lipinski definition) is 4. The number of anilines is 2. The van der Waals surface area contributed by atoms with E-state index in [1.54, 1.807) is 7.11 Å². The highest BCUT2D eigenvalue weighted by Gasteiger charge is 2.00. The van der Waals surface area contributed by atoms with Crippen LogP contribution in [-0.2, 0) is 0 Å². The van der Waals surface area contributed by atoms with Crippen molar-refractivity contribution >= 4 is 27.6 Å². The second kappa shape index (κ2) is 5.01. The van der Waals surface area contributed by atoms with E-state index in [0.29, 0.717) is 10.4 Å². The molecule has 0 bridgehead atoms. The Bertz CT molecular complexity index is 583. The Balaban J connectivity index is 2.25. The largest absolute Gasteiger partial charge is 0.497 e. The number of benzene rings is 1. The zero-order valence-corrected chi connectivity index (χ0v) is 10.6. The summed E-state index contributed by atoms with van der Waals surface area (Å²) in [6, 6.07) is 7.34. The summed E-state index contributed by atoms with van der Waals surface area (Å²) < 4.78 is 5.49. The zero-order valence-electron chi connectivity index (χ0n) is 9.03. The second-order valence-electron chi connectivity index (χ2n) is 3.27. The normalized spacial score (nSPS) is 10.0. The van der Waals surface area contributed by atoms with E-state index in [0.717, 1.165) is 11.4 Å². The predicted molar refractivity (Wildman–Crippen MR) is 68.8 cm³/mol. The molecular formula is C11H10BrN3O2. The van der Waals surface area contributed by atoms with Gasteiger partial charge in [0.1, 0.15) is 10.2 Å². The SMILES string of the molecule is COc1cccc(Nc2ncc(Br)c(=O)[nH]2)c1. The fourth-order valence-electron chi connectivity index (χ4n) is 1.28. The van der Waals surface area contributed by atoms with Crippen LogP contribution in [0.15, 0.2) is 39.7 Å². The Morgan fingerprint density at radius 1 is 1.47 bits per heavy atom. The van der Waals surface area contributed by atoms with Crippen molar-refractivity contribution in [2.75, 3.05) is 12.4 Å². The Morgan fingerprint density at radius 2 is 2.29 bits per heavy atom. The summed E-state index contributed by atoms with van der Waals surface area (Å²) in [4.78, 5) is 18.0. The molecule has 0 saturated heterocycles.